The minimum Gasteiger partial charge on any atom is -0.373 e. The fourth-order valence-corrected chi connectivity index (χ4v) is 6.86. The van der Waals surface area contributed by atoms with Crippen LogP contribution in [0.25, 0.3) is 16.7 Å². The molecule has 5 unspecified atom stereocenters. The molecule has 1 aromatic carbocycles. The summed E-state index contributed by atoms with van der Waals surface area (Å²) in [7, 11) is 1.63. The van der Waals surface area contributed by atoms with E-state index in [1.54, 1.807) is 20.0 Å². The SMILES string of the molecule is CNc1ccc2c(=O)c(C(=O)NC3(C)CC4CC5C4CC(C3)C5(F)F)cn(-c3ccc(F)cc3F)c2n1. The summed E-state index contributed by atoms with van der Waals surface area (Å²) in [6.45, 7) is 1.76. The number of hydrogen-bond acceptors (Lipinski definition) is 4. The van der Waals surface area contributed by atoms with Crippen molar-refractivity contribution in [1.82, 2.24) is 14.9 Å². The van der Waals surface area contributed by atoms with E-state index >= 15 is 0 Å². The number of fused-ring (bicyclic) bond motifs is 2. The zero-order valence-corrected chi connectivity index (χ0v) is 20.3. The highest BCUT2D eigenvalue weighted by molar-refractivity contribution is 5.97. The first-order chi connectivity index (χ1) is 17.5. The molecule has 2 aromatic heterocycles. The number of aromatic nitrogens is 2. The van der Waals surface area contributed by atoms with Crippen molar-refractivity contribution in [3.05, 3.63) is 63.9 Å². The molecule has 37 heavy (non-hydrogen) atoms. The number of nitrogens with one attached hydrogen (secondary N) is 2. The van der Waals surface area contributed by atoms with Gasteiger partial charge in [0.1, 0.15) is 23.0 Å². The largest absolute Gasteiger partial charge is 0.373 e. The first-order valence-electron chi connectivity index (χ1n) is 12.4. The summed E-state index contributed by atoms with van der Waals surface area (Å²) in [6.07, 6.45) is 2.78. The highest BCUT2D eigenvalue weighted by Crippen LogP contribution is 2.66. The summed E-state index contributed by atoms with van der Waals surface area (Å²) in [5, 5.41) is 5.80. The van der Waals surface area contributed by atoms with Gasteiger partial charge in [-0.1, -0.05) is 0 Å². The predicted molar refractivity (Wildman–Crippen MR) is 130 cm³/mol. The average Bonchev–Trinajstić information content (AvgIpc) is 2.95. The van der Waals surface area contributed by atoms with Crippen molar-refractivity contribution in [2.75, 3.05) is 12.4 Å². The Morgan fingerprint density at radius 2 is 1.92 bits per heavy atom. The van der Waals surface area contributed by atoms with Crippen LogP contribution in [-0.2, 0) is 0 Å². The average molecular weight is 515 g/mol. The molecule has 2 heterocycles. The monoisotopic (exact) mass is 514 g/mol. The first-order valence-corrected chi connectivity index (χ1v) is 12.4. The van der Waals surface area contributed by atoms with Crippen LogP contribution in [0.4, 0.5) is 23.4 Å². The molecule has 10 heteroatoms. The first kappa shape index (κ1) is 23.9. The normalized spacial score (nSPS) is 29.5. The zero-order valence-electron chi connectivity index (χ0n) is 20.3. The second-order valence-corrected chi connectivity index (χ2v) is 11.0. The number of halogens is 4. The Kier molecular flexibility index (Phi) is 5.20. The highest BCUT2D eigenvalue weighted by Gasteiger charge is 2.67. The lowest BCUT2D eigenvalue weighted by atomic mass is 9.61. The number of carbonyl (C=O) groups excluding carboxylic acids is 1. The third kappa shape index (κ3) is 3.63. The molecular formula is C27H26F4N4O2. The van der Waals surface area contributed by atoms with E-state index < -0.39 is 46.3 Å². The summed E-state index contributed by atoms with van der Waals surface area (Å²) < 4.78 is 59.4. The third-order valence-electron chi connectivity index (χ3n) is 8.62. The lowest BCUT2D eigenvalue weighted by molar-refractivity contribution is -0.139. The van der Waals surface area contributed by atoms with Gasteiger partial charge in [-0.3, -0.25) is 14.2 Å². The van der Waals surface area contributed by atoms with Crippen LogP contribution in [0.2, 0.25) is 0 Å². The fourth-order valence-electron chi connectivity index (χ4n) is 6.86. The van der Waals surface area contributed by atoms with Crippen LogP contribution in [0.15, 0.2) is 41.3 Å². The molecular weight excluding hydrogens is 488 g/mol. The van der Waals surface area contributed by atoms with Gasteiger partial charge in [0.25, 0.3) is 11.8 Å². The number of benzene rings is 1. The minimum atomic E-state index is -2.75. The van der Waals surface area contributed by atoms with Crippen LogP contribution in [0.3, 0.4) is 0 Å². The lowest BCUT2D eigenvalue weighted by Gasteiger charge is -2.48. The molecule has 194 valence electrons. The quantitative estimate of drug-likeness (QED) is 0.486. The Bertz CT molecular complexity index is 1510. The molecule has 3 aromatic rings. The Morgan fingerprint density at radius 3 is 2.65 bits per heavy atom. The number of rotatable bonds is 4. The molecule has 3 aliphatic rings. The van der Waals surface area contributed by atoms with Gasteiger partial charge in [0.05, 0.1) is 11.1 Å². The van der Waals surface area contributed by atoms with Crippen molar-refractivity contribution in [2.24, 2.45) is 23.7 Å². The molecule has 2 bridgehead atoms. The molecule has 3 aliphatic carbocycles. The van der Waals surface area contributed by atoms with Crippen molar-refractivity contribution in [3.63, 3.8) is 0 Å². The van der Waals surface area contributed by atoms with Crippen LogP contribution in [-0.4, -0.2) is 34.0 Å². The topological polar surface area (TPSA) is 76.0 Å². The molecule has 0 saturated heterocycles. The van der Waals surface area contributed by atoms with Crippen LogP contribution in [0, 0.1) is 35.3 Å². The van der Waals surface area contributed by atoms with Gasteiger partial charge in [0.15, 0.2) is 5.65 Å². The molecule has 0 radical (unpaired) electrons. The van der Waals surface area contributed by atoms with Crippen LogP contribution in [0.5, 0.6) is 0 Å². The summed E-state index contributed by atoms with van der Waals surface area (Å²) >= 11 is 0. The second-order valence-electron chi connectivity index (χ2n) is 11.0. The standard InChI is InChI=1S/C27H26F4N4O2/c1-26(10-13-7-19-17(13)8-14(11-26)27(19,30)31)34-25(37)18-12-35(21-5-3-15(28)9-20(21)29)24-16(23(18)36)4-6-22(32-2)33-24/h3-6,9,12-14,17,19H,7-8,10-11H2,1-2H3,(H,32,33)(H,34,37). The van der Waals surface area contributed by atoms with Crippen molar-refractivity contribution in [1.29, 1.82) is 0 Å². The van der Waals surface area contributed by atoms with E-state index in [0.29, 0.717) is 31.1 Å². The third-order valence-corrected chi connectivity index (χ3v) is 8.62. The van der Waals surface area contributed by atoms with Gasteiger partial charge < -0.3 is 10.6 Å². The molecule has 6 nitrogen and oxygen atoms in total. The van der Waals surface area contributed by atoms with E-state index in [4.69, 9.17) is 0 Å². The van der Waals surface area contributed by atoms with Crippen LogP contribution < -0.4 is 16.1 Å². The molecule has 3 saturated carbocycles. The number of amides is 1. The van der Waals surface area contributed by atoms with Gasteiger partial charge in [-0.15, -0.1) is 0 Å². The van der Waals surface area contributed by atoms with Gasteiger partial charge in [0, 0.05) is 36.7 Å². The Hall–Kier alpha value is -3.43. The van der Waals surface area contributed by atoms with Gasteiger partial charge in [0.2, 0.25) is 5.43 Å². The molecule has 0 aliphatic heterocycles. The number of carbonyl (C=O) groups is 1. The molecule has 1 amide bonds. The van der Waals surface area contributed by atoms with E-state index in [1.807, 2.05) is 0 Å². The maximum absolute atomic E-state index is 14.9. The molecule has 6 rings (SSSR count). The Morgan fingerprint density at radius 1 is 1.14 bits per heavy atom. The number of alkyl halides is 2. The second kappa shape index (κ2) is 8.03. The summed E-state index contributed by atoms with van der Waals surface area (Å²) in [4.78, 5) is 31.3. The number of pyridine rings is 2. The van der Waals surface area contributed by atoms with Gasteiger partial charge in [-0.25, -0.2) is 22.5 Å². The van der Waals surface area contributed by atoms with Gasteiger partial charge in [-0.2, -0.15) is 0 Å². The van der Waals surface area contributed by atoms with Crippen molar-refractivity contribution >= 4 is 22.8 Å². The summed E-state index contributed by atoms with van der Waals surface area (Å²) in [5.74, 6) is -6.03. The fraction of sp³-hybridized carbons (Fsp3) is 0.444. The smallest absolute Gasteiger partial charge is 0.257 e. The lowest BCUT2D eigenvalue weighted by Crippen LogP contribution is -2.55. The molecule has 2 N–H and O–H groups in total. The number of hydrogen-bond donors (Lipinski definition) is 2. The summed E-state index contributed by atoms with van der Waals surface area (Å²) in [5.41, 5.74) is -1.83. The maximum atomic E-state index is 14.9. The maximum Gasteiger partial charge on any atom is 0.257 e. The molecule has 0 spiro atoms. The molecule has 3 fully saturated rings. The van der Waals surface area contributed by atoms with Gasteiger partial charge >= 0.3 is 0 Å². The Balaban J connectivity index is 1.43. The van der Waals surface area contributed by atoms with E-state index in [0.717, 1.165) is 6.07 Å². The van der Waals surface area contributed by atoms with Crippen molar-refractivity contribution < 1.29 is 22.4 Å². The van der Waals surface area contributed by atoms with E-state index in [9.17, 15) is 27.2 Å². The van der Waals surface area contributed by atoms with E-state index in [-0.39, 0.29) is 40.5 Å². The molecule has 5 atom stereocenters. The van der Waals surface area contributed by atoms with E-state index in [2.05, 4.69) is 15.6 Å². The minimum absolute atomic E-state index is 0.0227. The number of nitrogens with zero attached hydrogens (tertiary/aromatic N) is 2. The van der Waals surface area contributed by atoms with Crippen LogP contribution >= 0.6 is 0 Å². The van der Waals surface area contributed by atoms with Gasteiger partial charge in [-0.05, 0) is 68.7 Å². The van der Waals surface area contributed by atoms with Crippen molar-refractivity contribution in [2.45, 2.75) is 44.1 Å². The van der Waals surface area contributed by atoms with Crippen LogP contribution in [0.1, 0.15) is 43.0 Å². The zero-order chi connectivity index (χ0) is 26.3. The van der Waals surface area contributed by atoms with E-state index in [1.165, 1.54) is 22.9 Å². The number of anilines is 1. The predicted octanol–water partition coefficient (Wildman–Crippen LogP) is 4.90. The Labute approximate surface area is 210 Å². The van der Waals surface area contributed by atoms with Crippen molar-refractivity contribution in [3.8, 4) is 5.69 Å². The summed E-state index contributed by atoms with van der Waals surface area (Å²) in [6, 6.07) is 6.00. The highest BCUT2D eigenvalue weighted by atomic mass is 19.3.